The van der Waals surface area contributed by atoms with Gasteiger partial charge in [0.05, 0.1) is 12.0 Å². The summed E-state index contributed by atoms with van der Waals surface area (Å²) >= 11 is 1.58. The van der Waals surface area contributed by atoms with Crippen molar-refractivity contribution in [1.29, 1.82) is 0 Å². The van der Waals surface area contributed by atoms with Gasteiger partial charge >= 0.3 is 0 Å². The number of nitrogens with zero attached hydrogens (tertiary/aromatic N) is 3. The topological polar surface area (TPSA) is 59.8 Å². The SMILES string of the molecule is CCc1csc(-c2cn(CC(=O)Nc3cc(C)ccc3C)cn2)n1. The summed E-state index contributed by atoms with van der Waals surface area (Å²) in [6, 6.07) is 6.02. The minimum atomic E-state index is -0.0685. The van der Waals surface area contributed by atoms with Crippen molar-refractivity contribution in [3.05, 3.63) is 52.9 Å². The number of imidazole rings is 1. The molecule has 0 aliphatic carbocycles. The number of thiazole rings is 1. The van der Waals surface area contributed by atoms with Crippen LogP contribution in [-0.2, 0) is 17.8 Å². The quantitative estimate of drug-likeness (QED) is 0.768. The zero-order valence-corrected chi connectivity index (χ0v) is 14.9. The van der Waals surface area contributed by atoms with Crippen LogP contribution in [0.2, 0.25) is 0 Å². The molecule has 0 atom stereocenters. The van der Waals surface area contributed by atoms with Gasteiger partial charge in [0.25, 0.3) is 0 Å². The molecule has 3 aromatic rings. The molecular formula is C18H20N4OS. The number of anilines is 1. The van der Waals surface area contributed by atoms with Gasteiger partial charge in [-0.3, -0.25) is 4.79 Å². The molecule has 0 bridgehead atoms. The number of hydrogen-bond acceptors (Lipinski definition) is 4. The van der Waals surface area contributed by atoms with Crippen molar-refractivity contribution in [3.8, 4) is 10.7 Å². The highest BCUT2D eigenvalue weighted by Gasteiger charge is 2.10. The molecule has 1 N–H and O–H groups in total. The summed E-state index contributed by atoms with van der Waals surface area (Å²) in [6.45, 7) is 6.30. The van der Waals surface area contributed by atoms with Crippen molar-refractivity contribution >= 4 is 22.9 Å². The van der Waals surface area contributed by atoms with E-state index in [1.807, 2.05) is 43.6 Å². The first-order valence-corrected chi connectivity index (χ1v) is 8.76. The second-order valence-corrected chi connectivity index (χ2v) is 6.65. The second kappa shape index (κ2) is 6.97. The van der Waals surface area contributed by atoms with E-state index < -0.39 is 0 Å². The van der Waals surface area contributed by atoms with Crippen LogP contribution in [0, 0.1) is 13.8 Å². The van der Waals surface area contributed by atoms with Crippen LogP contribution in [0.4, 0.5) is 5.69 Å². The maximum absolute atomic E-state index is 12.3. The fourth-order valence-corrected chi connectivity index (χ4v) is 3.23. The molecule has 1 aromatic carbocycles. The average Bonchev–Trinajstić information content (AvgIpc) is 3.19. The number of carbonyl (C=O) groups excluding carboxylic acids is 1. The Morgan fingerprint density at radius 1 is 1.33 bits per heavy atom. The highest BCUT2D eigenvalue weighted by Crippen LogP contribution is 2.22. The van der Waals surface area contributed by atoms with E-state index >= 15 is 0 Å². The Bertz CT molecular complexity index is 866. The highest BCUT2D eigenvalue weighted by molar-refractivity contribution is 7.13. The summed E-state index contributed by atoms with van der Waals surface area (Å²) in [5, 5.41) is 5.89. The van der Waals surface area contributed by atoms with E-state index in [0.29, 0.717) is 0 Å². The van der Waals surface area contributed by atoms with Crippen molar-refractivity contribution in [1.82, 2.24) is 14.5 Å². The minimum Gasteiger partial charge on any atom is -0.327 e. The Kier molecular flexibility index (Phi) is 4.76. The minimum absolute atomic E-state index is 0.0685. The smallest absolute Gasteiger partial charge is 0.244 e. The Hall–Kier alpha value is -2.47. The summed E-state index contributed by atoms with van der Waals surface area (Å²) in [5.41, 5.74) is 4.90. The summed E-state index contributed by atoms with van der Waals surface area (Å²) in [5.74, 6) is -0.0685. The number of amides is 1. The molecule has 0 saturated heterocycles. The van der Waals surface area contributed by atoms with Crippen molar-refractivity contribution < 1.29 is 4.79 Å². The number of nitrogens with one attached hydrogen (secondary N) is 1. The van der Waals surface area contributed by atoms with Crippen molar-refractivity contribution in [3.63, 3.8) is 0 Å². The summed E-state index contributed by atoms with van der Waals surface area (Å²) < 4.78 is 1.78. The molecule has 2 heterocycles. The lowest BCUT2D eigenvalue weighted by molar-refractivity contribution is -0.116. The fourth-order valence-electron chi connectivity index (χ4n) is 2.37. The normalized spacial score (nSPS) is 10.8. The van der Waals surface area contributed by atoms with Gasteiger partial charge in [-0.25, -0.2) is 9.97 Å². The van der Waals surface area contributed by atoms with Crippen LogP contribution in [0.5, 0.6) is 0 Å². The number of aromatic nitrogens is 3. The molecule has 0 fully saturated rings. The third kappa shape index (κ3) is 3.71. The predicted molar refractivity (Wildman–Crippen MR) is 97.3 cm³/mol. The van der Waals surface area contributed by atoms with Gasteiger partial charge in [-0.1, -0.05) is 19.1 Å². The Morgan fingerprint density at radius 2 is 2.17 bits per heavy atom. The van der Waals surface area contributed by atoms with Crippen LogP contribution in [0.25, 0.3) is 10.7 Å². The molecule has 0 unspecified atom stereocenters. The van der Waals surface area contributed by atoms with Crippen LogP contribution in [-0.4, -0.2) is 20.4 Å². The second-order valence-electron chi connectivity index (χ2n) is 5.80. The Morgan fingerprint density at radius 3 is 2.92 bits per heavy atom. The molecule has 5 nitrogen and oxygen atoms in total. The van der Waals surface area contributed by atoms with Crippen LogP contribution in [0.1, 0.15) is 23.7 Å². The zero-order valence-electron chi connectivity index (χ0n) is 14.0. The average molecular weight is 340 g/mol. The van der Waals surface area contributed by atoms with E-state index in [1.54, 1.807) is 22.2 Å². The van der Waals surface area contributed by atoms with Crippen LogP contribution in [0.15, 0.2) is 36.1 Å². The lowest BCUT2D eigenvalue weighted by Gasteiger charge is -2.09. The molecule has 24 heavy (non-hydrogen) atoms. The van der Waals surface area contributed by atoms with E-state index in [4.69, 9.17) is 0 Å². The number of hydrogen-bond donors (Lipinski definition) is 1. The molecule has 0 aliphatic rings. The van der Waals surface area contributed by atoms with Gasteiger partial charge in [-0.15, -0.1) is 11.3 Å². The van der Waals surface area contributed by atoms with Crippen LogP contribution >= 0.6 is 11.3 Å². The van der Waals surface area contributed by atoms with Gasteiger partial charge in [0.2, 0.25) is 5.91 Å². The van der Waals surface area contributed by atoms with Gasteiger partial charge in [-0.05, 0) is 37.5 Å². The molecule has 3 rings (SSSR count). The molecule has 124 valence electrons. The van der Waals surface area contributed by atoms with E-state index in [-0.39, 0.29) is 12.5 Å². The molecule has 2 aromatic heterocycles. The lowest BCUT2D eigenvalue weighted by Crippen LogP contribution is -2.18. The summed E-state index contributed by atoms with van der Waals surface area (Å²) in [4.78, 5) is 21.1. The van der Waals surface area contributed by atoms with Crippen molar-refractivity contribution in [2.45, 2.75) is 33.7 Å². The zero-order chi connectivity index (χ0) is 17.1. The van der Waals surface area contributed by atoms with E-state index in [9.17, 15) is 4.79 Å². The largest absolute Gasteiger partial charge is 0.327 e. The van der Waals surface area contributed by atoms with Crippen molar-refractivity contribution in [2.24, 2.45) is 0 Å². The highest BCUT2D eigenvalue weighted by atomic mass is 32.1. The fraction of sp³-hybridized carbons (Fsp3) is 0.278. The Labute approximate surface area is 145 Å². The maximum atomic E-state index is 12.3. The first-order valence-electron chi connectivity index (χ1n) is 7.89. The van der Waals surface area contributed by atoms with E-state index in [2.05, 4.69) is 22.2 Å². The maximum Gasteiger partial charge on any atom is 0.244 e. The summed E-state index contributed by atoms with van der Waals surface area (Å²) in [6.07, 6.45) is 4.45. The van der Waals surface area contributed by atoms with E-state index in [0.717, 1.165) is 39.6 Å². The molecule has 0 spiro atoms. The molecular weight excluding hydrogens is 320 g/mol. The monoisotopic (exact) mass is 340 g/mol. The molecule has 0 saturated carbocycles. The third-order valence-electron chi connectivity index (χ3n) is 3.76. The first kappa shape index (κ1) is 16.4. The molecule has 0 radical (unpaired) electrons. The summed E-state index contributed by atoms with van der Waals surface area (Å²) in [7, 11) is 0. The van der Waals surface area contributed by atoms with Crippen molar-refractivity contribution in [2.75, 3.05) is 5.32 Å². The number of aryl methyl sites for hydroxylation is 3. The van der Waals surface area contributed by atoms with Crippen LogP contribution in [0.3, 0.4) is 0 Å². The lowest BCUT2D eigenvalue weighted by atomic mass is 10.1. The Balaban J connectivity index is 1.68. The van der Waals surface area contributed by atoms with Crippen LogP contribution < -0.4 is 5.32 Å². The number of benzene rings is 1. The van der Waals surface area contributed by atoms with Gasteiger partial charge < -0.3 is 9.88 Å². The molecule has 0 aliphatic heterocycles. The molecule has 1 amide bonds. The standard InChI is InChI=1S/C18H20N4OS/c1-4-14-10-24-18(20-14)16-8-22(11-19-16)9-17(23)21-15-7-12(2)5-6-13(15)3/h5-8,10-11H,4,9H2,1-3H3,(H,21,23). The first-order chi connectivity index (χ1) is 11.5. The van der Waals surface area contributed by atoms with Gasteiger partial charge in [0, 0.05) is 17.3 Å². The number of carbonyl (C=O) groups is 1. The van der Waals surface area contributed by atoms with E-state index in [1.165, 1.54) is 0 Å². The molecule has 6 heteroatoms. The van der Waals surface area contributed by atoms with Gasteiger partial charge in [0.1, 0.15) is 17.2 Å². The number of rotatable bonds is 5. The third-order valence-corrected chi connectivity index (χ3v) is 4.67. The predicted octanol–water partition coefficient (Wildman–Crippen LogP) is 3.82. The van der Waals surface area contributed by atoms with Gasteiger partial charge in [-0.2, -0.15) is 0 Å². The van der Waals surface area contributed by atoms with Gasteiger partial charge in [0.15, 0.2) is 0 Å².